The molecule has 0 aromatic heterocycles. The van der Waals surface area contributed by atoms with Crippen LogP contribution < -0.4 is 0 Å². The van der Waals surface area contributed by atoms with E-state index in [0.717, 1.165) is 5.02 Å². The molecule has 1 aromatic carbocycles. The van der Waals surface area contributed by atoms with Crippen LogP contribution in [0.4, 0.5) is 0 Å². The molecule has 0 saturated heterocycles. The van der Waals surface area contributed by atoms with E-state index in [4.69, 9.17) is 11.6 Å². The van der Waals surface area contributed by atoms with Gasteiger partial charge < -0.3 is 0 Å². The zero-order valence-corrected chi connectivity index (χ0v) is 9.14. The van der Waals surface area contributed by atoms with Crippen LogP contribution in [0, 0.1) is 0 Å². The van der Waals surface area contributed by atoms with Gasteiger partial charge in [0, 0.05) is 5.02 Å². The molecule has 1 aromatic rings. The van der Waals surface area contributed by atoms with Crippen LogP contribution >= 0.6 is 11.6 Å². The summed E-state index contributed by atoms with van der Waals surface area (Å²) in [5.74, 6) is 0.710. The van der Waals surface area contributed by atoms with E-state index in [1.165, 1.54) is 24.8 Å². The highest BCUT2D eigenvalue weighted by atomic mass is 35.5. The van der Waals surface area contributed by atoms with Crippen molar-refractivity contribution in [1.82, 2.24) is 0 Å². The van der Waals surface area contributed by atoms with E-state index >= 15 is 0 Å². The minimum atomic E-state index is 0.710. The van der Waals surface area contributed by atoms with Crippen molar-refractivity contribution in [3.8, 4) is 0 Å². The Morgan fingerprint density at radius 3 is 2.23 bits per heavy atom. The maximum absolute atomic E-state index is 5.84. The highest BCUT2D eigenvalue weighted by molar-refractivity contribution is 6.30. The topological polar surface area (TPSA) is 0 Å². The third-order valence-corrected chi connectivity index (χ3v) is 2.72. The third kappa shape index (κ3) is 3.04. The van der Waals surface area contributed by atoms with Crippen molar-refractivity contribution >= 4 is 11.6 Å². The molecule has 0 aliphatic rings. The van der Waals surface area contributed by atoms with E-state index < -0.39 is 0 Å². The summed E-state index contributed by atoms with van der Waals surface area (Å²) in [5.41, 5.74) is 1.42. The molecule has 1 rings (SSSR count). The molecule has 0 bridgehead atoms. The summed E-state index contributed by atoms with van der Waals surface area (Å²) < 4.78 is 0. The second-order valence-corrected chi connectivity index (χ2v) is 3.88. The standard InChI is InChI=1S/C12H17Cl/c1-3-5-10(4-2)11-6-8-12(13)9-7-11/h6-10H,3-5H2,1-2H3/t10-/m1/s1. The van der Waals surface area contributed by atoms with Gasteiger partial charge in [-0.05, 0) is 36.5 Å². The molecule has 1 heteroatoms. The predicted octanol–water partition coefficient (Wildman–Crippen LogP) is 4.63. The largest absolute Gasteiger partial charge is 0.0843 e. The van der Waals surface area contributed by atoms with Gasteiger partial charge in [-0.15, -0.1) is 0 Å². The van der Waals surface area contributed by atoms with Gasteiger partial charge in [0.15, 0.2) is 0 Å². The van der Waals surface area contributed by atoms with E-state index in [9.17, 15) is 0 Å². The SMILES string of the molecule is CCC[C@@H](CC)c1ccc(Cl)cc1. The van der Waals surface area contributed by atoms with Gasteiger partial charge in [-0.25, -0.2) is 0 Å². The monoisotopic (exact) mass is 196 g/mol. The Bertz CT molecular complexity index is 238. The van der Waals surface area contributed by atoms with Crippen LogP contribution in [0.3, 0.4) is 0 Å². The lowest BCUT2D eigenvalue weighted by molar-refractivity contribution is 0.596. The first kappa shape index (κ1) is 10.6. The smallest absolute Gasteiger partial charge is 0.0406 e. The Morgan fingerprint density at radius 2 is 1.77 bits per heavy atom. The van der Waals surface area contributed by atoms with Crippen molar-refractivity contribution in [2.24, 2.45) is 0 Å². The summed E-state index contributed by atoms with van der Waals surface area (Å²) in [5, 5.41) is 0.829. The molecule has 0 fully saturated rings. The fourth-order valence-electron chi connectivity index (χ4n) is 1.69. The van der Waals surface area contributed by atoms with Gasteiger partial charge in [0.05, 0.1) is 0 Å². The molecule has 0 aliphatic heterocycles. The van der Waals surface area contributed by atoms with E-state index in [2.05, 4.69) is 26.0 Å². The molecular formula is C12H17Cl. The lowest BCUT2D eigenvalue weighted by Gasteiger charge is -2.13. The molecule has 0 amide bonds. The average Bonchev–Trinajstić information content (AvgIpc) is 2.16. The molecule has 1 atom stereocenters. The van der Waals surface area contributed by atoms with Crippen LogP contribution in [0.25, 0.3) is 0 Å². The molecular weight excluding hydrogens is 180 g/mol. The molecule has 0 aliphatic carbocycles. The fraction of sp³-hybridized carbons (Fsp3) is 0.500. The van der Waals surface area contributed by atoms with Crippen molar-refractivity contribution in [3.05, 3.63) is 34.9 Å². The summed E-state index contributed by atoms with van der Waals surface area (Å²) in [4.78, 5) is 0. The van der Waals surface area contributed by atoms with Crippen LogP contribution in [0.5, 0.6) is 0 Å². The van der Waals surface area contributed by atoms with Gasteiger partial charge in [-0.1, -0.05) is 44.0 Å². The first-order valence-electron chi connectivity index (χ1n) is 5.03. The number of rotatable bonds is 4. The van der Waals surface area contributed by atoms with Gasteiger partial charge >= 0.3 is 0 Å². The Balaban J connectivity index is 2.73. The van der Waals surface area contributed by atoms with Crippen molar-refractivity contribution in [3.63, 3.8) is 0 Å². The summed E-state index contributed by atoms with van der Waals surface area (Å²) in [6.07, 6.45) is 3.74. The number of benzene rings is 1. The Kier molecular flexibility index (Phi) is 4.31. The summed E-state index contributed by atoms with van der Waals surface area (Å²) >= 11 is 5.84. The highest BCUT2D eigenvalue weighted by Crippen LogP contribution is 2.25. The van der Waals surface area contributed by atoms with E-state index in [1.54, 1.807) is 0 Å². The van der Waals surface area contributed by atoms with Crippen LogP contribution in [0.1, 0.15) is 44.6 Å². The van der Waals surface area contributed by atoms with Crippen LogP contribution in [0.2, 0.25) is 5.02 Å². The fourth-order valence-corrected chi connectivity index (χ4v) is 1.82. The Labute approximate surface area is 85.9 Å². The minimum absolute atomic E-state index is 0.710. The van der Waals surface area contributed by atoms with Gasteiger partial charge in [0.25, 0.3) is 0 Å². The molecule has 0 heterocycles. The van der Waals surface area contributed by atoms with Crippen LogP contribution in [-0.4, -0.2) is 0 Å². The van der Waals surface area contributed by atoms with Gasteiger partial charge in [0.2, 0.25) is 0 Å². The predicted molar refractivity (Wildman–Crippen MR) is 59.4 cm³/mol. The molecule has 0 spiro atoms. The number of hydrogen-bond donors (Lipinski definition) is 0. The lowest BCUT2D eigenvalue weighted by Crippen LogP contribution is -1.95. The molecule has 0 radical (unpaired) electrons. The Morgan fingerprint density at radius 1 is 1.15 bits per heavy atom. The van der Waals surface area contributed by atoms with Gasteiger partial charge in [-0.2, -0.15) is 0 Å². The molecule has 72 valence electrons. The number of halogens is 1. The van der Waals surface area contributed by atoms with Crippen molar-refractivity contribution in [1.29, 1.82) is 0 Å². The number of hydrogen-bond acceptors (Lipinski definition) is 0. The van der Waals surface area contributed by atoms with E-state index in [1.807, 2.05) is 12.1 Å². The van der Waals surface area contributed by atoms with Crippen LogP contribution in [-0.2, 0) is 0 Å². The zero-order valence-electron chi connectivity index (χ0n) is 8.39. The molecule has 0 saturated carbocycles. The third-order valence-electron chi connectivity index (χ3n) is 2.47. The molecule has 13 heavy (non-hydrogen) atoms. The van der Waals surface area contributed by atoms with Crippen molar-refractivity contribution < 1.29 is 0 Å². The average molecular weight is 197 g/mol. The second-order valence-electron chi connectivity index (χ2n) is 3.45. The van der Waals surface area contributed by atoms with Gasteiger partial charge in [0.1, 0.15) is 0 Å². The van der Waals surface area contributed by atoms with E-state index in [0.29, 0.717) is 5.92 Å². The normalized spacial score (nSPS) is 12.8. The van der Waals surface area contributed by atoms with Crippen molar-refractivity contribution in [2.45, 2.75) is 39.0 Å². The summed E-state index contributed by atoms with van der Waals surface area (Å²) in [7, 11) is 0. The molecule has 0 nitrogen and oxygen atoms in total. The first-order valence-corrected chi connectivity index (χ1v) is 5.41. The maximum atomic E-state index is 5.84. The van der Waals surface area contributed by atoms with Gasteiger partial charge in [-0.3, -0.25) is 0 Å². The van der Waals surface area contributed by atoms with Crippen LogP contribution in [0.15, 0.2) is 24.3 Å². The van der Waals surface area contributed by atoms with Crippen molar-refractivity contribution in [2.75, 3.05) is 0 Å². The summed E-state index contributed by atoms with van der Waals surface area (Å²) in [6.45, 7) is 4.48. The summed E-state index contributed by atoms with van der Waals surface area (Å²) in [6, 6.07) is 8.25. The quantitative estimate of drug-likeness (QED) is 0.659. The minimum Gasteiger partial charge on any atom is -0.0843 e. The second kappa shape index (κ2) is 5.29. The lowest BCUT2D eigenvalue weighted by atomic mass is 9.92. The first-order chi connectivity index (χ1) is 6.27. The zero-order chi connectivity index (χ0) is 9.68. The molecule has 0 unspecified atom stereocenters. The highest BCUT2D eigenvalue weighted by Gasteiger charge is 2.06. The Hall–Kier alpha value is -0.490. The maximum Gasteiger partial charge on any atom is 0.0406 e. The van der Waals surface area contributed by atoms with E-state index in [-0.39, 0.29) is 0 Å². The molecule has 0 N–H and O–H groups in total.